The van der Waals surface area contributed by atoms with Gasteiger partial charge in [-0.2, -0.15) is 0 Å². The zero-order valence-electron chi connectivity index (χ0n) is 8.45. The van der Waals surface area contributed by atoms with E-state index in [2.05, 4.69) is 4.90 Å². The van der Waals surface area contributed by atoms with E-state index in [9.17, 15) is 9.50 Å². The van der Waals surface area contributed by atoms with Gasteiger partial charge in [0.15, 0.2) is 0 Å². The van der Waals surface area contributed by atoms with E-state index >= 15 is 0 Å². The molecule has 0 radical (unpaired) electrons. The Morgan fingerprint density at radius 1 is 1.43 bits per heavy atom. The number of nitrogens with zero attached hydrogens (tertiary/aromatic N) is 1. The third kappa shape index (κ3) is 0.974. The van der Waals surface area contributed by atoms with Crippen LogP contribution in [0, 0.1) is 5.92 Å². The van der Waals surface area contributed by atoms with Crippen molar-refractivity contribution in [2.24, 2.45) is 5.92 Å². The van der Waals surface area contributed by atoms with Crippen LogP contribution < -0.4 is 0 Å². The normalized spacial score (nSPS) is 52.3. The highest BCUT2D eigenvalue weighted by molar-refractivity contribution is 5.11. The van der Waals surface area contributed by atoms with E-state index in [-0.39, 0.29) is 18.1 Å². The largest absolute Gasteiger partial charge is 0.394 e. The highest BCUT2D eigenvalue weighted by atomic mass is 19.1. The van der Waals surface area contributed by atoms with Crippen LogP contribution in [-0.2, 0) is 0 Å². The molecule has 1 unspecified atom stereocenters. The monoisotopic (exact) mass is 199 g/mol. The minimum Gasteiger partial charge on any atom is -0.394 e. The summed E-state index contributed by atoms with van der Waals surface area (Å²) in [6, 6.07) is 0.444. The number of aliphatic hydroxyl groups is 1. The summed E-state index contributed by atoms with van der Waals surface area (Å²) in [5.74, 6) is 0.224. The minimum absolute atomic E-state index is 0.0277. The van der Waals surface area contributed by atoms with E-state index in [4.69, 9.17) is 0 Å². The smallest absolute Gasteiger partial charge is 0.105 e. The molecule has 2 nitrogen and oxygen atoms in total. The summed E-state index contributed by atoms with van der Waals surface area (Å²) in [5.41, 5.74) is -0.0277. The SMILES string of the molecule is OC[C@@]12CCCN1C1CC[C@@H](F)[C@@H]1C2. The van der Waals surface area contributed by atoms with Crippen LogP contribution in [0.2, 0.25) is 0 Å². The maximum atomic E-state index is 13.6. The average Bonchev–Trinajstić information content (AvgIpc) is 2.78. The van der Waals surface area contributed by atoms with Crippen LogP contribution in [-0.4, -0.2) is 40.9 Å². The minimum atomic E-state index is -0.603. The van der Waals surface area contributed by atoms with Gasteiger partial charge in [-0.25, -0.2) is 4.39 Å². The molecule has 3 rings (SSSR count). The number of rotatable bonds is 1. The van der Waals surface area contributed by atoms with Crippen molar-refractivity contribution in [2.45, 2.75) is 49.9 Å². The van der Waals surface area contributed by atoms with E-state index in [1.54, 1.807) is 0 Å². The quantitative estimate of drug-likeness (QED) is 0.688. The van der Waals surface area contributed by atoms with Crippen LogP contribution in [0.4, 0.5) is 4.39 Å². The summed E-state index contributed by atoms with van der Waals surface area (Å²) in [5, 5.41) is 9.50. The zero-order valence-corrected chi connectivity index (χ0v) is 8.45. The summed E-state index contributed by atoms with van der Waals surface area (Å²) in [6.45, 7) is 1.31. The third-order valence-corrected chi connectivity index (χ3v) is 4.66. The topological polar surface area (TPSA) is 23.5 Å². The predicted molar refractivity (Wildman–Crippen MR) is 51.8 cm³/mol. The number of aliphatic hydroxyl groups excluding tert-OH is 1. The molecular formula is C11H18FNO. The van der Waals surface area contributed by atoms with E-state index < -0.39 is 6.17 Å². The summed E-state index contributed by atoms with van der Waals surface area (Å²) >= 11 is 0. The van der Waals surface area contributed by atoms with Crippen molar-refractivity contribution in [3.8, 4) is 0 Å². The highest BCUT2D eigenvalue weighted by Crippen LogP contribution is 2.51. The lowest BCUT2D eigenvalue weighted by atomic mass is 9.89. The molecule has 2 aliphatic heterocycles. The molecule has 3 aliphatic rings. The predicted octanol–water partition coefficient (Wildman–Crippen LogP) is 1.33. The molecule has 0 bridgehead atoms. The average molecular weight is 199 g/mol. The number of fused-ring (bicyclic) bond motifs is 3. The first-order chi connectivity index (χ1) is 6.77. The summed E-state index contributed by atoms with van der Waals surface area (Å²) < 4.78 is 13.6. The van der Waals surface area contributed by atoms with Gasteiger partial charge in [-0.15, -0.1) is 0 Å². The van der Waals surface area contributed by atoms with Crippen LogP contribution >= 0.6 is 0 Å². The molecule has 2 saturated heterocycles. The Balaban J connectivity index is 1.89. The Morgan fingerprint density at radius 3 is 3.07 bits per heavy atom. The van der Waals surface area contributed by atoms with Crippen LogP contribution in [0.5, 0.6) is 0 Å². The molecule has 0 amide bonds. The summed E-state index contributed by atoms with van der Waals surface area (Å²) in [7, 11) is 0. The fourth-order valence-electron chi connectivity index (χ4n) is 4.02. The molecule has 80 valence electrons. The number of hydrogen-bond donors (Lipinski definition) is 1. The van der Waals surface area contributed by atoms with Gasteiger partial charge in [0.25, 0.3) is 0 Å². The van der Waals surface area contributed by atoms with Crippen molar-refractivity contribution in [1.82, 2.24) is 4.90 Å². The van der Waals surface area contributed by atoms with Gasteiger partial charge in [-0.05, 0) is 38.6 Å². The second-order valence-corrected chi connectivity index (χ2v) is 5.21. The molecule has 2 heterocycles. The first-order valence-electron chi connectivity index (χ1n) is 5.78. The second kappa shape index (κ2) is 2.92. The van der Waals surface area contributed by atoms with Crippen LogP contribution in [0.1, 0.15) is 32.1 Å². The van der Waals surface area contributed by atoms with Gasteiger partial charge in [0, 0.05) is 17.5 Å². The van der Waals surface area contributed by atoms with E-state index in [1.807, 2.05) is 0 Å². The Labute approximate surface area is 84.1 Å². The lowest BCUT2D eigenvalue weighted by molar-refractivity contribution is 0.0760. The molecular weight excluding hydrogens is 181 g/mol. The lowest BCUT2D eigenvalue weighted by Crippen LogP contribution is -2.44. The summed E-state index contributed by atoms with van der Waals surface area (Å²) in [4.78, 5) is 2.41. The van der Waals surface area contributed by atoms with Crippen molar-refractivity contribution < 1.29 is 9.50 Å². The van der Waals surface area contributed by atoms with Gasteiger partial charge in [0.1, 0.15) is 6.17 Å². The molecule has 4 atom stereocenters. The van der Waals surface area contributed by atoms with Crippen LogP contribution in [0.25, 0.3) is 0 Å². The Bertz CT molecular complexity index is 247. The maximum absolute atomic E-state index is 13.6. The van der Waals surface area contributed by atoms with Crippen molar-refractivity contribution >= 4 is 0 Å². The molecule has 0 aromatic carbocycles. The van der Waals surface area contributed by atoms with Gasteiger partial charge in [0.2, 0.25) is 0 Å². The van der Waals surface area contributed by atoms with Crippen LogP contribution in [0.3, 0.4) is 0 Å². The van der Waals surface area contributed by atoms with E-state index in [1.165, 1.54) is 6.42 Å². The molecule has 14 heavy (non-hydrogen) atoms. The van der Waals surface area contributed by atoms with Crippen molar-refractivity contribution in [1.29, 1.82) is 0 Å². The van der Waals surface area contributed by atoms with Crippen molar-refractivity contribution in [3.05, 3.63) is 0 Å². The van der Waals surface area contributed by atoms with Gasteiger partial charge in [-0.3, -0.25) is 4.90 Å². The molecule has 1 N–H and O–H groups in total. The number of alkyl halides is 1. The maximum Gasteiger partial charge on any atom is 0.105 e. The summed E-state index contributed by atoms with van der Waals surface area (Å²) in [6.07, 6.45) is 4.30. The molecule has 0 spiro atoms. The van der Waals surface area contributed by atoms with Crippen LogP contribution in [0.15, 0.2) is 0 Å². The van der Waals surface area contributed by atoms with Crippen molar-refractivity contribution in [2.75, 3.05) is 13.2 Å². The fourth-order valence-corrected chi connectivity index (χ4v) is 4.02. The Kier molecular flexibility index (Phi) is 1.90. The van der Waals surface area contributed by atoms with Crippen molar-refractivity contribution in [3.63, 3.8) is 0 Å². The Hall–Kier alpha value is -0.150. The molecule has 3 heteroatoms. The van der Waals surface area contributed by atoms with Gasteiger partial charge in [0.05, 0.1) is 6.61 Å². The first kappa shape index (κ1) is 9.10. The number of hydrogen-bond acceptors (Lipinski definition) is 2. The standard InChI is InChI=1S/C11H18FNO/c12-9-2-3-10-8(9)6-11(7-14)4-1-5-13(10)11/h8-10,14H,1-7H2/t8-,9+,10?,11-/m0/s1. The fraction of sp³-hybridized carbons (Fsp3) is 1.00. The highest BCUT2D eigenvalue weighted by Gasteiger charge is 2.57. The zero-order chi connectivity index (χ0) is 9.76. The molecule has 0 aromatic rings. The van der Waals surface area contributed by atoms with E-state index in [0.29, 0.717) is 6.04 Å². The van der Waals surface area contributed by atoms with E-state index in [0.717, 1.165) is 32.2 Å². The lowest BCUT2D eigenvalue weighted by Gasteiger charge is -2.32. The Morgan fingerprint density at radius 2 is 2.29 bits per heavy atom. The van der Waals surface area contributed by atoms with Gasteiger partial charge in [-0.1, -0.05) is 0 Å². The molecule has 0 aromatic heterocycles. The first-order valence-corrected chi connectivity index (χ1v) is 5.78. The van der Waals surface area contributed by atoms with Gasteiger partial charge < -0.3 is 5.11 Å². The van der Waals surface area contributed by atoms with Gasteiger partial charge >= 0.3 is 0 Å². The molecule has 1 saturated carbocycles. The molecule has 1 aliphatic carbocycles. The molecule has 3 fully saturated rings. The number of halogens is 1. The third-order valence-electron chi connectivity index (χ3n) is 4.66. The second-order valence-electron chi connectivity index (χ2n) is 5.21.